The first-order chi connectivity index (χ1) is 11.7. The molecule has 124 valence electrons. The predicted molar refractivity (Wildman–Crippen MR) is 88.4 cm³/mol. The predicted octanol–water partition coefficient (Wildman–Crippen LogP) is 0.322. The Balaban J connectivity index is 1.50. The number of hydrogen-bond acceptors (Lipinski definition) is 6. The molecule has 8 nitrogen and oxygen atoms in total. The van der Waals surface area contributed by atoms with Crippen molar-refractivity contribution in [3.05, 3.63) is 54.4 Å². The van der Waals surface area contributed by atoms with E-state index >= 15 is 0 Å². The highest BCUT2D eigenvalue weighted by Gasteiger charge is 2.33. The molecule has 2 aromatic heterocycles. The van der Waals surface area contributed by atoms with Crippen LogP contribution in [0.2, 0.25) is 0 Å². The Morgan fingerprint density at radius 2 is 2.04 bits per heavy atom. The summed E-state index contributed by atoms with van der Waals surface area (Å²) in [5.74, 6) is 1.06. The SMILES string of the molecule is Cn1cnc([C@@H]2CN(Cc3nnnn3-c3ccccc3)C[C@H]2N)c1. The van der Waals surface area contributed by atoms with Crippen LogP contribution in [-0.2, 0) is 13.6 Å². The second kappa shape index (κ2) is 6.14. The van der Waals surface area contributed by atoms with E-state index in [1.165, 1.54) is 0 Å². The largest absolute Gasteiger partial charge is 0.340 e. The van der Waals surface area contributed by atoms with E-state index in [2.05, 4.69) is 25.4 Å². The second-order valence-corrected chi connectivity index (χ2v) is 6.27. The molecule has 0 spiro atoms. The topological polar surface area (TPSA) is 90.7 Å². The van der Waals surface area contributed by atoms with Crippen LogP contribution in [-0.4, -0.2) is 53.8 Å². The van der Waals surface area contributed by atoms with Gasteiger partial charge in [-0.3, -0.25) is 4.90 Å². The van der Waals surface area contributed by atoms with Crippen LogP contribution in [0.4, 0.5) is 0 Å². The van der Waals surface area contributed by atoms with Gasteiger partial charge in [0.1, 0.15) is 0 Å². The Morgan fingerprint density at radius 1 is 1.21 bits per heavy atom. The maximum Gasteiger partial charge on any atom is 0.170 e. The van der Waals surface area contributed by atoms with E-state index in [9.17, 15) is 0 Å². The third-order valence-electron chi connectivity index (χ3n) is 4.45. The van der Waals surface area contributed by atoms with Gasteiger partial charge in [-0.2, -0.15) is 4.68 Å². The fraction of sp³-hybridized carbons (Fsp3) is 0.375. The number of rotatable bonds is 4. The summed E-state index contributed by atoms with van der Waals surface area (Å²) in [6.07, 6.45) is 3.86. The smallest absolute Gasteiger partial charge is 0.170 e. The van der Waals surface area contributed by atoms with Crippen molar-refractivity contribution in [2.45, 2.75) is 18.5 Å². The molecule has 1 aliphatic heterocycles. The standard InChI is InChI=1S/C16H20N8/c1-22-9-15(18-11-22)13-7-23(8-14(13)17)10-16-19-20-21-24(16)12-5-3-2-4-6-12/h2-6,9,11,13-14H,7-8,10,17H2,1H3/t13-,14-/m1/s1. The zero-order chi connectivity index (χ0) is 16.5. The fourth-order valence-electron chi connectivity index (χ4n) is 3.25. The summed E-state index contributed by atoms with van der Waals surface area (Å²) in [5.41, 5.74) is 8.35. The summed E-state index contributed by atoms with van der Waals surface area (Å²) in [6.45, 7) is 2.33. The zero-order valence-electron chi connectivity index (χ0n) is 13.5. The molecule has 1 aromatic carbocycles. The average molecular weight is 324 g/mol. The van der Waals surface area contributed by atoms with Crippen LogP contribution in [0, 0.1) is 0 Å². The second-order valence-electron chi connectivity index (χ2n) is 6.27. The first kappa shape index (κ1) is 15.0. The highest BCUT2D eigenvalue weighted by atomic mass is 15.5. The van der Waals surface area contributed by atoms with Crippen molar-refractivity contribution in [1.82, 2.24) is 34.7 Å². The molecular weight excluding hydrogens is 304 g/mol. The van der Waals surface area contributed by atoms with Crippen LogP contribution in [0.15, 0.2) is 42.9 Å². The van der Waals surface area contributed by atoms with Crippen LogP contribution in [0.1, 0.15) is 17.4 Å². The van der Waals surface area contributed by atoms with Gasteiger partial charge in [-0.05, 0) is 22.6 Å². The lowest BCUT2D eigenvalue weighted by molar-refractivity contribution is 0.312. The molecule has 0 aliphatic carbocycles. The number of tetrazole rings is 1. The Morgan fingerprint density at radius 3 is 2.79 bits per heavy atom. The van der Waals surface area contributed by atoms with E-state index in [1.807, 2.05) is 54.5 Å². The van der Waals surface area contributed by atoms with Crippen molar-refractivity contribution in [2.75, 3.05) is 13.1 Å². The summed E-state index contributed by atoms with van der Waals surface area (Å²) in [4.78, 5) is 6.74. The number of hydrogen-bond donors (Lipinski definition) is 1. The maximum atomic E-state index is 6.34. The average Bonchev–Trinajstić information content (AvgIpc) is 3.29. The molecule has 1 aliphatic rings. The summed E-state index contributed by atoms with van der Waals surface area (Å²) in [5, 5.41) is 12.1. The Bertz CT molecular complexity index is 808. The molecule has 4 rings (SSSR count). The van der Waals surface area contributed by atoms with Gasteiger partial charge in [0.25, 0.3) is 0 Å². The Hall–Kier alpha value is -2.58. The number of para-hydroxylation sites is 1. The number of nitrogens with two attached hydrogens (primary N) is 1. The van der Waals surface area contributed by atoms with Crippen molar-refractivity contribution in [3.63, 3.8) is 0 Å². The minimum absolute atomic E-state index is 0.0703. The molecule has 0 radical (unpaired) electrons. The lowest BCUT2D eigenvalue weighted by Gasteiger charge is -2.14. The molecule has 2 atom stereocenters. The van der Waals surface area contributed by atoms with Gasteiger partial charge in [0.05, 0.1) is 24.3 Å². The monoisotopic (exact) mass is 324 g/mol. The minimum atomic E-state index is 0.0703. The molecule has 0 amide bonds. The normalized spacial score (nSPS) is 21.4. The van der Waals surface area contributed by atoms with E-state index in [0.717, 1.165) is 30.3 Å². The highest BCUT2D eigenvalue weighted by Crippen LogP contribution is 2.26. The molecule has 1 fully saturated rings. The highest BCUT2D eigenvalue weighted by molar-refractivity contribution is 5.30. The van der Waals surface area contributed by atoms with Crippen molar-refractivity contribution >= 4 is 0 Å². The molecule has 8 heteroatoms. The molecule has 2 N–H and O–H groups in total. The van der Waals surface area contributed by atoms with Crippen molar-refractivity contribution < 1.29 is 0 Å². The van der Waals surface area contributed by atoms with Crippen molar-refractivity contribution in [1.29, 1.82) is 0 Å². The van der Waals surface area contributed by atoms with E-state index in [4.69, 9.17) is 5.73 Å². The van der Waals surface area contributed by atoms with Gasteiger partial charge in [0.2, 0.25) is 0 Å². The van der Waals surface area contributed by atoms with E-state index in [-0.39, 0.29) is 12.0 Å². The third-order valence-corrected chi connectivity index (χ3v) is 4.45. The molecule has 24 heavy (non-hydrogen) atoms. The van der Waals surface area contributed by atoms with Gasteiger partial charge in [-0.1, -0.05) is 18.2 Å². The first-order valence-corrected chi connectivity index (χ1v) is 7.99. The van der Waals surface area contributed by atoms with Crippen LogP contribution in [0.5, 0.6) is 0 Å². The number of likely N-dealkylation sites (tertiary alicyclic amines) is 1. The fourth-order valence-corrected chi connectivity index (χ4v) is 3.25. The molecule has 3 heterocycles. The third kappa shape index (κ3) is 2.81. The first-order valence-electron chi connectivity index (χ1n) is 7.99. The zero-order valence-corrected chi connectivity index (χ0v) is 13.5. The number of benzene rings is 1. The van der Waals surface area contributed by atoms with Gasteiger partial charge in [0, 0.05) is 38.3 Å². The Labute approximate surface area is 139 Å². The lowest BCUT2D eigenvalue weighted by Crippen LogP contribution is -2.29. The van der Waals surface area contributed by atoms with Crippen LogP contribution in [0.3, 0.4) is 0 Å². The van der Waals surface area contributed by atoms with Gasteiger partial charge in [-0.25, -0.2) is 4.98 Å². The Kier molecular flexibility index (Phi) is 3.83. The maximum absolute atomic E-state index is 6.34. The lowest BCUT2D eigenvalue weighted by atomic mass is 10.0. The van der Waals surface area contributed by atoms with Crippen molar-refractivity contribution in [3.8, 4) is 5.69 Å². The summed E-state index contributed by atoms with van der Waals surface area (Å²) < 4.78 is 3.74. The van der Waals surface area contributed by atoms with Crippen LogP contribution < -0.4 is 5.73 Å². The molecule has 1 saturated heterocycles. The summed E-state index contributed by atoms with van der Waals surface area (Å²) >= 11 is 0. The number of nitrogens with zero attached hydrogens (tertiary/aromatic N) is 7. The quantitative estimate of drug-likeness (QED) is 0.743. The molecule has 0 saturated carbocycles. The summed E-state index contributed by atoms with van der Waals surface area (Å²) in [6, 6.07) is 9.98. The van der Waals surface area contributed by atoms with Crippen LogP contribution >= 0.6 is 0 Å². The van der Waals surface area contributed by atoms with Gasteiger partial charge < -0.3 is 10.3 Å². The molecule has 3 aromatic rings. The number of aromatic nitrogens is 6. The molecule has 0 bridgehead atoms. The van der Waals surface area contributed by atoms with Gasteiger partial charge >= 0.3 is 0 Å². The van der Waals surface area contributed by atoms with E-state index < -0.39 is 0 Å². The van der Waals surface area contributed by atoms with Crippen LogP contribution in [0.25, 0.3) is 5.69 Å². The van der Waals surface area contributed by atoms with Crippen molar-refractivity contribution in [2.24, 2.45) is 12.8 Å². The van der Waals surface area contributed by atoms with Gasteiger partial charge in [-0.15, -0.1) is 5.10 Å². The van der Waals surface area contributed by atoms with E-state index in [1.54, 1.807) is 4.68 Å². The van der Waals surface area contributed by atoms with Gasteiger partial charge in [0.15, 0.2) is 5.82 Å². The number of imidazole rings is 1. The van der Waals surface area contributed by atoms with E-state index in [0.29, 0.717) is 6.54 Å². The minimum Gasteiger partial charge on any atom is -0.340 e. The molecular formula is C16H20N8. The summed E-state index contributed by atoms with van der Waals surface area (Å²) in [7, 11) is 1.97. The number of aryl methyl sites for hydroxylation is 1. The molecule has 0 unspecified atom stereocenters.